The normalized spacial score (nSPS) is 32.0. The highest BCUT2D eigenvalue weighted by Crippen LogP contribution is 2.49. The minimum absolute atomic E-state index is 0.0210. The maximum Gasteiger partial charge on any atom is 0.437 e. The number of methoxy groups -OCH3 is 1. The molecule has 0 spiro atoms. The van der Waals surface area contributed by atoms with Gasteiger partial charge in [-0.15, -0.1) is 0 Å². The Morgan fingerprint density at radius 3 is 2.52 bits per heavy atom. The van der Waals surface area contributed by atoms with E-state index in [1.54, 1.807) is 25.1 Å². The molecule has 2 aromatic rings. The van der Waals surface area contributed by atoms with Crippen LogP contribution in [0, 0.1) is 23.6 Å². The summed E-state index contributed by atoms with van der Waals surface area (Å²) in [5, 5.41) is 14.0. The first kappa shape index (κ1) is 45.2. The molecule has 3 N–H and O–H groups in total. The van der Waals surface area contributed by atoms with Crippen LogP contribution >= 0.6 is 0 Å². The standard InChI is InChI=1S/C41H50F5N5O10S/c1-23-8-4-5-9-26-20-39(26,36(54)49-62(57,58)38(22-42)12-13-38)48-33(52)30-18-27(61-34-28-19-29(43)31(59-3)17-25(28)10-14-47-34)21-50(30)35(53)32(24(2)16-23)51(37(55)56)40(41(44,45)46)11-6-7-15-60-40/h5,9-10,14,17,19,23-24,26-27,30,32H,4,6-8,11-13,15-16,18,20-22H2,1-3H3,(H,48,52)(H,49,54)(H,55,56)/b9-5-/t23-,24-,26-,27-,30+,32+,39-,40?/m1/s1. The molecule has 4 fully saturated rings. The molecular weight excluding hydrogens is 850 g/mol. The van der Waals surface area contributed by atoms with Crippen LogP contribution in [0.5, 0.6) is 11.6 Å². The molecule has 8 atom stereocenters. The molecule has 2 saturated heterocycles. The molecule has 1 aromatic carbocycles. The number of allylic oxidation sites excluding steroid dienone is 1. The summed E-state index contributed by atoms with van der Waals surface area (Å²) < 4.78 is 118. The summed E-state index contributed by atoms with van der Waals surface area (Å²) >= 11 is 0. The van der Waals surface area contributed by atoms with Gasteiger partial charge >= 0.3 is 12.3 Å². The van der Waals surface area contributed by atoms with Gasteiger partial charge < -0.3 is 29.5 Å². The Morgan fingerprint density at radius 2 is 1.89 bits per heavy atom. The Bertz CT molecular complexity index is 2240. The lowest BCUT2D eigenvalue weighted by molar-refractivity contribution is -0.341. The van der Waals surface area contributed by atoms with Gasteiger partial charge in [-0.05, 0) is 86.8 Å². The molecule has 62 heavy (non-hydrogen) atoms. The Balaban J connectivity index is 1.31. The quantitative estimate of drug-likeness (QED) is 0.216. The third kappa shape index (κ3) is 8.14. The first-order valence-corrected chi connectivity index (χ1v) is 22.1. The lowest BCUT2D eigenvalue weighted by atomic mass is 9.85. The number of aromatic nitrogens is 1. The van der Waals surface area contributed by atoms with Crippen LogP contribution in [0.2, 0.25) is 0 Å². The average molecular weight is 900 g/mol. The number of nitrogens with zero attached hydrogens (tertiary/aromatic N) is 3. The Morgan fingerprint density at radius 1 is 1.15 bits per heavy atom. The van der Waals surface area contributed by atoms with Crippen LogP contribution < -0.4 is 19.5 Å². The molecule has 15 nitrogen and oxygen atoms in total. The summed E-state index contributed by atoms with van der Waals surface area (Å²) in [5.74, 6) is -6.37. The van der Waals surface area contributed by atoms with E-state index in [0.717, 1.165) is 11.0 Å². The highest BCUT2D eigenvalue weighted by atomic mass is 32.2. The highest BCUT2D eigenvalue weighted by Gasteiger charge is 2.67. The van der Waals surface area contributed by atoms with Crippen molar-refractivity contribution >= 4 is 44.6 Å². The number of fused-ring (bicyclic) bond motifs is 3. The second-order valence-electron chi connectivity index (χ2n) is 17.3. The first-order valence-electron chi connectivity index (χ1n) is 20.7. The fourth-order valence-electron chi connectivity index (χ4n) is 9.28. The van der Waals surface area contributed by atoms with E-state index in [0.29, 0.717) is 18.2 Å². The number of amides is 4. The van der Waals surface area contributed by atoms with Crippen molar-refractivity contribution in [1.82, 2.24) is 24.8 Å². The van der Waals surface area contributed by atoms with Crippen molar-refractivity contribution in [3.8, 4) is 11.6 Å². The van der Waals surface area contributed by atoms with E-state index >= 15 is 18.0 Å². The number of benzene rings is 1. The molecule has 2 saturated carbocycles. The third-order valence-electron chi connectivity index (χ3n) is 13.1. The molecule has 0 radical (unpaired) electrons. The van der Waals surface area contributed by atoms with Gasteiger partial charge in [0.2, 0.25) is 33.4 Å². The first-order chi connectivity index (χ1) is 29.2. The zero-order chi connectivity index (χ0) is 45.0. The van der Waals surface area contributed by atoms with Gasteiger partial charge in [-0.1, -0.05) is 26.0 Å². The molecule has 1 aromatic heterocycles. The van der Waals surface area contributed by atoms with Gasteiger partial charge in [0, 0.05) is 36.9 Å². The molecule has 4 amide bonds. The van der Waals surface area contributed by atoms with Gasteiger partial charge in [-0.2, -0.15) is 13.2 Å². The lowest BCUT2D eigenvalue weighted by Crippen LogP contribution is -2.70. The lowest BCUT2D eigenvalue weighted by Gasteiger charge is -2.49. The maximum absolute atomic E-state index is 15.3. The Labute approximate surface area is 354 Å². The van der Waals surface area contributed by atoms with Crippen LogP contribution in [0.1, 0.15) is 78.1 Å². The molecule has 4 heterocycles. The molecule has 5 aliphatic rings. The molecule has 7 rings (SSSR count). The number of ether oxygens (including phenoxy) is 3. The van der Waals surface area contributed by atoms with E-state index in [1.165, 1.54) is 26.3 Å². The number of rotatable bonds is 9. The van der Waals surface area contributed by atoms with E-state index in [4.69, 9.17) is 14.2 Å². The van der Waals surface area contributed by atoms with E-state index in [2.05, 4.69) is 10.3 Å². The average Bonchev–Trinajstić information content (AvgIpc) is 4.12. The van der Waals surface area contributed by atoms with Crippen LogP contribution in [0.3, 0.4) is 0 Å². The molecule has 3 aliphatic heterocycles. The summed E-state index contributed by atoms with van der Waals surface area (Å²) in [5.41, 5.74) is -5.31. The summed E-state index contributed by atoms with van der Waals surface area (Å²) in [6.45, 7) is 1.08. The molecule has 2 aliphatic carbocycles. The fraction of sp³-hybridized carbons (Fsp3) is 0.634. The van der Waals surface area contributed by atoms with Crippen molar-refractivity contribution in [3.63, 3.8) is 0 Å². The van der Waals surface area contributed by atoms with Crippen LogP contribution in [-0.2, 0) is 29.1 Å². The summed E-state index contributed by atoms with van der Waals surface area (Å²) in [6.07, 6.45) is -4.07. The topological polar surface area (TPSA) is 194 Å². The number of pyridine rings is 1. The minimum atomic E-state index is -5.30. The Hall–Kier alpha value is -4.79. The SMILES string of the molecule is COc1cc2ccnc(O[C@@H]3C[C@H]4C(=O)N[C@]5(C(=O)NS(=O)(=O)C6(CF)CC6)C[C@H]5/C=C\CC[C@@H](C)C[C@@H](C)[C@H](N(C(=O)O)C5(C(F)(F)F)CCCCO5)C(=O)N4C3)c2cc1F. The van der Waals surface area contributed by atoms with Gasteiger partial charge in [-0.25, -0.2) is 27.0 Å². The number of sulfonamides is 1. The number of carbonyl (C=O) groups excluding carboxylic acids is 3. The number of carbonyl (C=O) groups is 4. The van der Waals surface area contributed by atoms with Crippen LogP contribution in [0.25, 0.3) is 10.8 Å². The van der Waals surface area contributed by atoms with Crippen molar-refractivity contribution in [2.24, 2.45) is 17.8 Å². The predicted octanol–water partition coefficient (Wildman–Crippen LogP) is 5.37. The zero-order valence-electron chi connectivity index (χ0n) is 34.4. The number of alkyl halides is 4. The second-order valence-corrected chi connectivity index (χ2v) is 19.4. The maximum atomic E-state index is 15.3. The van der Waals surface area contributed by atoms with Gasteiger partial charge in [0.05, 0.1) is 13.7 Å². The van der Waals surface area contributed by atoms with Gasteiger partial charge in [0.25, 0.3) is 5.91 Å². The zero-order valence-corrected chi connectivity index (χ0v) is 35.2. The fourth-order valence-corrected chi connectivity index (χ4v) is 10.7. The highest BCUT2D eigenvalue weighted by molar-refractivity contribution is 7.91. The molecule has 0 bridgehead atoms. The smallest absolute Gasteiger partial charge is 0.437 e. The largest absolute Gasteiger partial charge is 0.494 e. The summed E-state index contributed by atoms with van der Waals surface area (Å²) in [6, 6.07) is 0.372. The molecule has 340 valence electrons. The Kier molecular flexibility index (Phi) is 12.2. The second kappa shape index (κ2) is 16.7. The van der Waals surface area contributed by atoms with Crippen LogP contribution in [-0.4, -0.2) is 119 Å². The van der Waals surface area contributed by atoms with Crippen molar-refractivity contribution in [1.29, 1.82) is 0 Å². The van der Waals surface area contributed by atoms with Crippen LogP contribution in [0.4, 0.5) is 26.7 Å². The number of carboxylic acid groups (broad SMARTS) is 1. The van der Waals surface area contributed by atoms with Crippen molar-refractivity contribution < 1.29 is 68.9 Å². The van der Waals surface area contributed by atoms with Crippen molar-refractivity contribution in [2.45, 2.75) is 118 Å². The summed E-state index contributed by atoms with van der Waals surface area (Å²) in [7, 11) is -3.27. The number of nitrogens with one attached hydrogen (secondary N) is 2. The molecular formula is C41H50F5N5O10S. The number of hydrogen-bond acceptors (Lipinski definition) is 10. The number of halogens is 5. The monoisotopic (exact) mass is 899 g/mol. The molecule has 1 unspecified atom stereocenters. The van der Waals surface area contributed by atoms with Gasteiger partial charge in [-0.3, -0.25) is 24.0 Å². The van der Waals surface area contributed by atoms with E-state index in [1.807, 2.05) is 4.72 Å². The van der Waals surface area contributed by atoms with Crippen molar-refractivity contribution in [2.75, 3.05) is 26.9 Å². The minimum Gasteiger partial charge on any atom is -0.494 e. The van der Waals surface area contributed by atoms with Crippen molar-refractivity contribution in [3.05, 3.63) is 42.4 Å². The predicted molar refractivity (Wildman–Crippen MR) is 210 cm³/mol. The third-order valence-corrected chi connectivity index (χ3v) is 15.2. The van der Waals surface area contributed by atoms with E-state index in [-0.39, 0.29) is 72.8 Å². The summed E-state index contributed by atoms with van der Waals surface area (Å²) in [4.78, 5) is 62.4. The molecule has 21 heteroatoms. The van der Waals surface area contributed by atoms with E-state index in [9.17, 15) is 36.7 Å². The number of hydrogen-bond donors (Lipinski definition) is 3. The van der Waals surface area contributed by atoms with E-state index < -0.39 is 118 Å². The van der Waals surface area contributed by atoms with Gasteiger partial charge in [0.1, 0.15) is 35.1 Å². The van der Waals surface area contributed by atoms with Crippen LogP contribution in [0.15, 0.2) is 36.5 Å². The van der Waals surface area contributed by atoms with Gasteiger partial charge in [0.15, 0.2) is 11.6 Å².